The summed E-state index contributed by atoms with van der Waals surface area (Å²) in [5, 5.41) is 0.437. The fourth-order valence-corrected chi connectivity index (χ4v) is 3.33. The van der Waals surface area contributed by atoms with Crippen molar-refractivity contribution in [3.8, 4) is 23.7 Å². The number of aryl methyl sites for hydroxylation is 1. The van der Waals surface area contributed by atoms with Crippen molar-refractivity contribution in [3.05, 3.63) is 117 Å². The first-order valence-electron chi connectivity index (χ1n) is 10.2. The van der Waals surface area contributed by atoms with E-state index in [4.69, 9.17) is 0 Å². The summed E-state index contributed by atoms with van der Waals surface area (Å²) in [5.74, 6) is 3.92. The van der Waals surface area contributed by atoms with E-state index in [-0.39, 0.29) is 10.9 Å². The minimum Gasteiger partial charge on any atom is -0.206 e. The molecular weight excluding hydrogens is 450 g/mol. The van der Waals surface area contributed by atoms with Gasteiger partial charge in [0.15, 0.2) is 11.6 Å². The van der Waals surface area contributed by atoms with Gasteiger partial charge in [-0.1, -0.05) is 42.7 Å². The van der Waals surface area contributed by atoms with Crippen LogP contribution in [0.15, 0.2) is 54.6 Å². The average Bonchev–Trinajstić information content (AvgIpc) is 2.80. The summed E-state index contributed by atoms with van der Waals surface area (Å²) in [6, 6.07) is 10.7. The fourth-order valence-electron chi connectivity index (χ4n) is 3.33. The summed E-state index contributed by atoms with van der Waals surface area (Å²) >= 11 is 0. The quantitative estimate of drug-likeness (QED) is 0.209. The van der Waals surface area contributed by atoms with Crippen LogP contribution in [-0.4, -0.2) is 0 Å². The molecule has 0 atom stereocenters. The maximum atomic E-state index is 14.5. The molecule has 0 fully saturated rings. The van der Waals surface area contributed by atoms with Crippen LogP contribution in [0.2, 0.25) is 0 Å². The van der Waals surface area contributed by atoms with Gasteiger partial charge >= 0.3 is 0 Å². The maximum absolute atomic E-state index is 14.5. The van der Waals surface area contributed by atoms with Crippen LogP contribution in [-0.2, 0) is 6.42 Å². The first kappa shape index (κ1) is 23.0. The lowest BCUT2D eigenvalue weighted by Crippen LogP contribution is -1.95. The molecule has 0 N–H and O–H groups in total. The number of rotatable bonds is 1. The second-order valence-corrected chi connectivity index (χ2v) is 7.40. The summed E-state index contributed by atoms with van der Waals surface area (Å²) < 4.78 is 84.3. The Morgan fingerprint density at radius 1 is 0.559 bits per heavy atom. The summed E-state index contributed by atoms with van der Waals surface area (Å²) in [5.41, 5.74) is -0.343. The van der Waals surface area contributed by atoms with E-state index < -0.39 is 46.0 Å². The standard InChI is InChI=1S/C28H14F6/c1-2-16-12-24(30)22(25(31)13-16)9-5-18-14-26(32)21(27(33)15-18)8-4-17-3-7-20-19(11-17)6-10-23(29)28(20)34/h3,6-7,10-15H,2H2,1H3. The van der Waals surface area contributed by atoms with Crippen molar-refractivity contribution in [2.75, 3.05) is 0 Å². The molecule has 4 aromatic carbocycles. The lowest BCUT2D eigenvalue weighted by molar-refractivity contribution is 0.517. The molecule has 4 aromatic rings. The van der Waals surface area contributed by atoms with Crippen LogP contribution in [0.3, 0.4) is 0 Å². The molecule has 0 aliphatic heterocycles. The van der Waals surface area contributed by atoms with Gasteiger partial charge in [-0.2, -0.15) is 0 Å². The highest BCUT2D eigenvalue weighted by atomic mass is 19.2. The molecule has 0 heterocycles. The lowest BCUT2D eigenvalue weighted by atomic mass is 10.1. The summed E-state index contributed by atoms with van der Waals surface area (Å²) in [6.45, 7) is 1.75. The normalized spacial score (nSPS) is 10.4. The molecule has 34 heavy (non-hydrogen) atoms. The first-order valence-corrected chi connectivity index (χ1v) is 10.2. The highest BCUT2D eigenvalue weighted by molar-refractivity contribution is 5.84. The molecule has 0 saturated carbocycles. The highest BCUT2D eigenvalue weighted by Crippen LogP contribution is 2.22. The van der Waals surface area contributed by atoms with Gasteiger partial charge in [0.1, 0.15) is 23.3 Å². The van der Waals surface area contributed by atoms with Gasteiger partial charge in [0.2, 0.25) is 0 Å². The Bertz CT molecular complexity index is 1520. The predicted molar refractivity (Wildman–Crippen MR) is 118 cm³/mol. The number of fused-ring (bicyclic) bond motifs is 1. The third-order valence-electron chi connectivity index (χ3n) is 5.12. The Hall–Kier alpha value is -4.16. The zero-order valence-electron chi connectivity index (χ0n) is 17.7. The third-order valence-corrected chi connectivity index (χ3v) is 5.12. The molecule has 0 aliphatic rings. The van der Waals surface area contributed by atoms with E-state index in [1.807, 2.05) is 0 Å². The molecule has 6 heteroatoms. The number of halogens is 6. The van der Waals surface area contributed by atoms with Gasteiger partial charge in [-0.3, -0.25) is 0 Å². The minimum absolute atomic E-state index is 0.0584. The van der Waals surface area contributed by atoms with Crippen molar-refractivity contribution in [1.82, 2.24) is 0 Å². The van der Waals surface area contributed by atoms with Crippen molar-refractivity contribution in [3.63, 3.8) is 0 Å². The molecule has 0 nitrogen and oxygen atoms in total. The van der Waals surface area contributed by atoms with Gasteiger partial charge in [0, 0.05) is 16.5 Å². The number of hydrogen-bond acceptors (Lipinski definition) is 0. The second-order valence-electron chi connectivity index (χ2n) is 7.40. The molecule has 0 spiro atoms. The molecule has 0 saturated heterocycles. The topological polar surface area (TPSA) is 0 Å². The van der Waals surface area contributed by atoms with E-state index in [2.05, 4.69) is 23.7 Å². The molecule has 4 rings (SSSR count). The molecule has 0 aliphatic carbocycles. The van der Waals surface area contributed by atoms with Crippen molar-refractivity contribution in [2.24, 2.45) is 0 Å². The summed E-state index contributed by atoms with van der Waals surface area (Å²) in [7, 11) is 0. The molecule has 0 radical (unpaired) electrons. The molecule has 0 bridgehead atoms. The van der Waals surface area contributed by atoms with Crippen LogP contribution in [0.4, 0.5) is 26.3 Å². The van der Waals surface area contributed by atoms with Crippen molar-refractivity contribution < 1.29 is 26.3 Å². The largest absolute Gasteiger partial charge is 0.206 e. The van der Waals surface area contributed by atoms with E-state index in [0.29, 0.717) is 22.9 Å². The third kappa shape index (κ3) is 4.63. The SMILES string of the molecule is CCc1cc(F)c(C#Cc2cc(F)c(C#Cc3ccc4c(F)c(F)ccc4c3)c(F)c2)c(F)c1. The van der Waals surface area contributed by atoms with Crippen LogP contribution < -0.4 is 0 Å². The van der Waals surface area contributed by atoms with Gasteiger partial charge in [-0.25, -0.2) is 26.3 Å². The Morgan fingerprint density at radius 2 is 1.12 bits per heavy atom. The second kappa shape index (κ2) is 9.37. The van der Waals surface area contributed by atoms with Gasteiger partial charge in [0.05, 0.1) is 11.1 Å². The van der Waals surface area contributed by atoms with Gasteiger partial charge < -0.3 is 0 Å². The van der Waals surface area contributed by atoms with E-state index in [9.17, 15) is 26.3 Å². The minimum atomic E-state index is -1.01. The molecule has 168 valence electrons. The predicted octanol–water partition coefficient (Wildman–Crippen LogP) is 7.04. The van der Waals surface area contributed by atoms with Crippen LogP contribution >= 0.6 is 0 Å². The molecule has 0 unspecified atom stereocenters. The van der Waals surface area contributed by atoms with E-state index in [1.54, 1.807) is 6.92 Å². The lowest BCUT2D eigenvalue weighted by Gasteiger charge is -2.02. The number of hydrogen-bond donors (Lipinski definition) is 0. The van der Waals surface area contributed by atoms with Crippen molar-refractivity contribution >= 4 is 10.8 Å². The molecule has 0 aromatic heterocycles. The van der Waals surface area contributed by atoms with Crippen LogP contribution in [0.25, 0.3) is 10.8 Å². The van der Waals surface area contributed by atoms with Crippen LogP contribution in [0, 0.1) is 58.6 Å². The highest BCUT2D eigenvalue weighted by Gasteiger charge is 2.11. The van der Waals surface area contributed by atoms with E-state index in [0.717, 1.165) is 30.3 Å². The first-order chi connectivity index (χ1) is 16.3. The summed E-state index contributed by atoms with van der Waals surface area (Å²) in [6.07, 6.45) is 0.440. The molecule has 0 amide bonds. The van der Waals surface area contributed by atoms with E-state index in [1.165, 1.54) is 24.3 Å². The zero-order valence-corrected chi connectivity index (χ0v) is 17.7. The van der Waals surface area contributed by atoms with E-state index >= 15 is 0 Å². The van der Waals surface area contributed by atoms with Crippen LogP contribution in [0.1, 0.15) is 34.7 Å². The Labute approximate surface area is 191 Å². The maximum Gasteiger partial charge on any atom is 0.166 e. The number of benzene rings is 4. The Morgan fingerprint density at radius 3 is 1.71 bits per heavy atom. The zero-order chi connectivity index (χ0) is 24.4. The average molecular weight is 464 g/mol. The van der Waals surface area contributed by atoms with Gasteiger partial charge in [-0.05, 0) is 59.8 Å². The van der Waals surface area contributed by atoms with Crippen molar-refractivity contribution in [1.29, 1.82) is 0 Å². The molecular formula is C28H14F6. The Balaban J connectivity index is 1.65. The van der Waals surface area contributed by atoms with Gasteiger partial charge in [0.25, 0.3) is 0 Å². The smallest absolute Gasteiger partial charge is 0.166 e. The van der Waals surface area contributed by atoms with Crippen LogP contribution in [0.5, 0.6) is 0 Å². The van der Waals surface area contributed by atoms with Crippen molar-refractivity contribution in [2.45, 2.75) is 13.3 Å². The summed E-state index contributed by atoms with van der Waals surface area (Å²) in [4.78, 5) is 0. The monoisotopic (exact) mass is 464 g/mol. The fraction of sp³-hybridized carbons (Fsp3) is 0.0714. The van der Waals surface area contributed by atoms with Gasteiger partial charge in [-0.15, -0.1) is 0 Å². The Kier molecular flexibility index (Phi) is 6.34.